The van der Waals surface area contributed by atoms with Gasteiger partial charge in [-0.05, 0) is 44.7 Å². The number of hydrogen-bond donors (Lipinski definition) is 3. The highest BCUT2D eigenvalue weighted by Gasteiger charge is 2.21. The van der Waals surface area contributed by atoms with Gasteiger partial charge in [0.25, 0.3) is 0 Å². The zero-order valence-corrected chi connectivity index (χ0v) is 13.8. The number of rotatable bonds is 6. The van der Waals surface area contributed by atoms with Crippen molar-refractivity contribution in [3.63, 3.8) is 0 Å². The molecule has 0 aromatic heterocycles. The van der Waals surface area contributed by atoms with Crippen LogP contribution in [0.4, 0.5) is 4.79 Å². The molecule has 0 fully saturated rings. The molecule has 0 radical (unpaired) electrons. The number of aryl methyl sites for hydroxylation is 1. The maximum atomic E-state index is 11.5. The second-order valence-corrected chi connectivity index (χ2v) is 6.28. The highest BCUT2D eigenvalue weighted by atomic mass is 16.6. The maximum absolute atomic E-state index is 11.5. The first-order chi connectivity index (χ1) is 10.2. The molecule has 0 saturated carbocycles. The molecule has 0 heterocycles. The Morgan fingerprint density at radius 1 is 1.27 bits per heavy atom. The van der Waals surface area contributed by atoms with Crippen LogP contribution in [0.3, 0.4) is 0 Å². The average Bonchev–Trinajstić information content (AvgIpc) is 2.44. The lowest BCUT2D eigenvalue weighted by Gasteiger charge is -2.22. The van der Waals surface area contributed by atoms with Gasteiger partial charge in [0, 0.05) is 6.54 Å². The van der Waals surface area contributed by atoms with Crippen molar-refractivity contribution in [2.75, 3.05) is 6.54 Å². The molecule has 1 aromatic carbocycles. The van der Waals surface area contributed by atoms with E-state index in [0.29, 0.717) is 0 Å². The Morgan fingerprint density at radius 3 is 2.50 bits per heavy atom. The zero-order chi connectivity index (χ0) is 16.8. The molecule has 5 heteroatoms. The molecule has 22 heavy (non-hydrogen) atoms. The fraction of sp³-hybridized carbons (Fsp3) is 0.588. The van der Waals surface area contributed by atoms with Gasteiger partial charge in [0.2, 0.25) is 0 Å². The quantitative estimate of drug-likeness (QED) is 0.754. The number of amides is 1. The van der Waals surface area contributed by atoms with Crippen molar-refractivity contribution in [3.8, 4) is 0 Å². The third kappa shape index (κ3) is 6.03. The predicted octanol–water partition coefficient (Wildman–Crippen LogP) is 2.56. The van der Waals surface area contributed by atoms with Gasteiger partial charge < -0.3 is 20.3 Å². The van der Waals surface area contributed by atoms with Gasteiger partial charge in [0.15, 0.2) is 0 Å². The summed E-state index contributed by atoms with van der Waals surface area (Å²) in [7, 11) is 0. The van der Waals surface area contributed by atoms with Crippen LogP contribution >= 0.6 is 0 Å². The largest absolute Gasteiger partial charge is 0.444 e. The third-order valence-electron chi connectivity index (χ3n) is 3.23. The molecule has 2 unspecified atom stereocenters. The highest BCUT2D eigenvalue weighted by Crippen LogP contribution is 2.23. The Kier molecular flexibility index (Phi) is 6.84. The lowest BCUT2D eigenvalue weighted by atomic mass is 9.96. The summed E-state index contributed by atoms with van der Waals surface area (Å²) < 4.78 is 5.11. The fourth-order valence-electron chi connectivity index (χ4n) is 2.15. The van der Waals surface area contributed by atoms with Crippen molar-refractivity contribution < 1.29 is 19.7 Å². The monoisotopic (exact) mass is 309 g/mol. The van der Waals surface area contributed by atoms with Crippen molar-refractivity contribution in [1.82, 2.24) is 5.32 Å². The molecule has 5 nitrogen and oxygen atoms in total. The molecule has 0 aliphatic carbocycles. The SMILES string of the molecule is CCc1ccccc1C(O)C(O)CCNC(=O)OC(C)(C)C. The van der Waals surface area contributed by atoms with Gasteiger partial charge in [-0.25, -0.2) is 4.79 Å². The van der Waals surface area contributed by atoms with Crippen molar-refractivity contribution in [3.05, 3.63) is 35.4 Å². The standard InChI is InChI=1S/C17H27NO4/c1-5-12-8-6-7-9-13(12)15(20)14(19)10-11-18-16(21)22-17(2,3)4/h6-9,14-15,19-20H,5,10-11H2,1-4H3,(H,18,21). The summed E-state index contributed by atoms with van der Waals surface area (Å²) in [6.45, 7) is 7.59. The van der Waals surface area contributed by atoms with Crippen LogP contribution in [0.1, 0.15) is 51.3 Å². The molecule has 3 N–H and O–H groups in total. The molecule has 0 saturated heterocycles. The fourth-order valence-corrected chi connectivity index (χ4v) is 2.15. The van der Waals surface area contributed by atoms with Crippen molar-refractivity contribution >= 4 is 6.09 Å². The molecular weight excluding hydrogens is 282 g/mol. The average molecular weight is 309 g/mol. The van der Waals surface area contributed by atoms with Gasteiger partial charge in [0.1, 0.15) is 11.7 Å². The van der Waals surface area contributed by atoms with Crippen LogP contribution in [-0.2, 0) is 11.2 Å². The number of benzene rings is 1. The van der Waals surface area contributed by atoms with Crippen molar-refractivity contribution in [1.29, 1.82) is 0 Å². The van der Waals surface area contributed by atoms with E-state index in [0.717, 1.165) is 17.5 Å². The minimum Gasteiger partial charge on any atom is -0.444 e. The number of aliphatic hydroxyl groups is 2. The topological polar surface area (TPSA) is 78.8 Å². The molecule has 2 atom stereocenters. The summed E-state index contributed by atoms with van der Waals surface area (Å²) in [6, 6.07) is 7.49. The Bertz CT molecular complexity index is 482. The van der Waals surface area contributed by atoms with Crippen molar-refractivity contribution in [2.45, 2.75) is 58.3 Å². The predicted molar refractivity (Wildman–Crippen MR) is 85.6 cm³/mol. The minimum atomic E-state index is -0.961. The number of hydrogen-bond acceptors (Lipinski definition) is 4. The summed E-state index contributed by atoms with van der Waals surface area (Å²) in [5.41, 5.74) is 1.19. The van der Waals surface area contributed by atoms with Gasteiger partial charge in [-0.2, -0.15) is 0 Å². The molecule has 124 valence electrons. The molecule has 1 aromatic rings. The summed E-state index contributed by atoms with van der Waals surface area (Å²) in [5.74, 6) is 0. The van der Waals surface area contributed by atoms with E-state index in [9.17, 15) is 15.0 Å². The smallest absolute Gasteiger partial charge is 0.407 e. The normalized spacial score (nSPS) is 14.3. The molecule has 1 amide bonds. The van der Waals surface area contributed by atoms with E-state index in [1.807, 2.05) is 31.2 Å². The summed E-state index contributed by atoms with van der Waals surface area (Å²) in [6.07, 6.45) is -1.39. The number of alkyl carbamates (subject to hydrolysis) is 1. The van der Waals surface area contributed by atoms with Crippen LogP contribution in [-0.4, -0.2) is 34.6 Å². The lowest BCUT2D eigenvalue weighted by Crippen LogP contribution is -2.34. The first-order valence-electron chi connectivity index (χ1n) is 7.65. The van der Waals surface area contributed by atoms with Gasteiger partial charge in [-0.1, -0.05) is 31.2 Å². The van der Waals surface area contributed by atoms with Crippen LogP contribution in [0.15, 0.2) is 24.3 Å². The zero-order valence-electron chi connectivity index (χ0n) is 13.8. The number of carbonyl (C=O) groups is 1. The molecule has 0 bridgehead atoms. The van der Waals surface area contributed by atoms with E-state index < -0.39 is 23.9 Å². The molecule has 0 aliphatic heterocycles. The first-order valence-corrected chi connectivity index (χ1v) is 7.65. The molecule has 1 rings (SSSR count). The van der Waals surface area contributed by atoms with Crippen LogP contribution in [0.2, 0.25) is 0 Å². The van der Waals surface area contributed by atoms with Crippen molar-refractivity contribution in [2.24, 2.45) is 0 Å². The van der Waals surface area contributed by atoms with Crippen LogP contribution in [0.25, 0.3) is 0 Å². The van der Waals surface area contributed by atoms with E-state index in [2.05, 4.69) is 5.32 Å². The lowest BCUT2D eigenvalue weighted by molar-refractivity contribution is 0.0118. The van der Waals surface area contributed by atoms with Gasteiger partial charge >= 0.3 is 6.09 Å². The van der Waals surface area contributed by atoms with Crippen LogP contribution in [0.5, 0.6) is 0 Å². The second kappa shape index (κ2) is 8.15. The number of carbonyl (C=O) groups excluding carboxylic acids is 1. The Balaban J connectivity index is 2.48. The Labute approximate surface area is 132 Å². The van der Waals surface area contributed by atoms with Gasteiger partial charge in [-0.3, -0.25) is 0 Å². The van der Waals surface area contributed by atoms with E-state index in [4.69, 9.17) is 4.74 Å². The van der Waals surface area contributed by atoms with Gasteiger partial charge in [-0.15, -0.1) is 0 Å². The molecule has 0 aliphatic rings. The first kappa shape index (κ1) is 18.5. The Morgan fingerprint density at radius 2 is 1.91 bits per heavy atom. The number of aliphatic hydroxyl groups excluding tert-OH is 2. The number of nitrogens with one attached hydrogen (secondary N) is 1. The number of ether oxygens (including phenoxy) is 1. The maximum Gasteiger partial charge on any atom is 0.407 e. The molecule has 0 spiro atoms. The highest BCUT2D eigenvalue weighted by molar-refractivity contribution is 5.67. The second-order valence-electron chi connectivity index (χ2n) is 6.28. The summed E-state index contributed by atoms with van der Waals surface area (Å²) >= 11 is 0. The van der Waals surface area contributed by atoms with Crippen LogP contribution < -0.4 is 5.32 Å². The van der Waals surface area contributed by atoms with Gasteiger partial charge in [0.05, 0.1) is 6.10 Å². The Hall–Kier alpha value is -1.59. The third-order valence-corrected chi connectivity index (χ3v) is 3.23. The minimum absolute atomic E-state index is 0.238. The van der Waals surface area contributed by atoms with E-state index in [1.54, 1.807) is 20.8 Å². The van der Waals surface area contributed by atoms with E-state index in [1.165, 1.54) is 0 Å². The summed E-state index contributed by atoms with van der Waals surface area (Å²) in [5, 5.41) is 22.9. The molecular formula is C17H27NO4. The van der Waals surface area contributed by atoms with Crippen LogP contribution in [0, 0.1) is 0 Å². The summed E-state index contributed by atoms with van der Waals surface area (Å²) in [4.78, 5) is 11.5. The van der Waals surface area contributed by atoms with E-state index in [-0.39, 0.29) is 13.0 Å². The van der Waals surface area contributed by atoms with E-state index >= 15 is 0 Å².